The number of rotatable bonds is 6. The van der Waals surface area contributed by atoms with Crippen LogP contribution in [0.25, 0.3) is 0 Å². The molecule has 0 aliphatic rings. The van der Waals surface area contributed by atoms with Crippen molar-refractivity contribution in [3.8, 4) is 0 Å². The van der Waals surface area contributed by atoms with Gasteiger partial charge in [-0.3, -0.25) is 4.79 Å². The Hall–Kier alpha value is -1.82. The molecule has 0 radical (unpaired) electrons. The molecule has 0 aliphatic carbocycles. The van der Waals surface area contributed by atoms with Gasteiger partial charge in [-0.15, -0.1) is 0 Å². The summed E-state index contributed by atoms with van der Waals surface area (Å²) in [6.07, 6.45) is 1.85. The van der Waals surface area contributed by atoms with Crippen molar-refractivity contribution in [1.29, 1.82) is 0 Å². The number of halogens is 1. The van der Waals surface area contributed by atoms with Gasteiger partial charge in [-0.05, 0) is 25.5 Å². The van der Waals surface area contributed by atoms with Crippen LogP contribution < -0.4 is 16.0 Å². The third-order valence-corrected chi connectivity index (χ3v) is 2.55. The van der Waals surface area contributed by atoms with E-state index in [-0.39, 0.29) is 24.4 Å². The molecule has 0 spiro atoms. The molecule has 6 nitrogen and oxygen atoms in total. The van der Waals surface area contributed by atoms with Crippen molar-refractivity contribution in [2.75, 3.05) is 6.54 Å². The first kappa shape index (κ1) is 16.2. The normalized spacial score (nSPS) is 10.2. The van der Waals surface area contributed by atoms with E-state index in [2.05, 4.69) is 20.9 Å². The van der Waals surface area contributed by atoms with Gasteiger partial charge in [0.2, 0.25) is 5.91 Å². The molecule has 3 amide bonds. The van der Waals surface area contributed by atoms with Crippen LogP contribution in [0, 0.1) is 0 Å². The monoisotopic (exact) mass is 298 g/mol. The van der Waals surface area contributed by atoms with E-state index in [0.29, 0.717) is 18.2 Å². The average molecular weight is 299 g/mol. The Morgan fingerprint density at radius 2 is 2.05 bits per heavy atom. The summed E-state index contributed by atoms with van der Waals surface area (Å²) in [5, 5.41) is 8.44. The van der Waals surface area contributed by atoms with Crippen LogP contribution in [0.4, 0.5) is 4.79 Å². The molecule has 0 aliphatic heterocycles. The van der Waals surface area contributed by atoms with Gasteiger partial charge in [0.15, 0.2) is 0 Å². The zero-order valence-corrected chi connectivity index (χ0v) is 12.3. The number of nitrogens with one attached hydrogen (secondary N) is 3. The molecule has 0 saturated carbocycles. The number of hydrogen-bond acceptors (Lipinski definition) is 3. The van der Waals surface area contributed by atoms with Crippen LogP contribution in [-0.4, -0.2) is 29.5 Å². The van der Waals surface area contributed by atoms with Crippen molar-refractivity contribution in [1.82, 2.24) is 20.9 Å². The van der Waals surface area contributed by atoms with Gasteiger partial charge in [0.05, 0.1) is 0 Å². The second-order valence-corrected chi connectivity index (χ2v) is 4.96. The Bertz CT molecular complexity index is 448. The van der Waals surface area contributed by atoms with Gasteiger partial charge in [0.25, 0.3) is 0 Å². The third-order valence-electron chi connectivity index (χ3n) is 2.33. The second-order valence-electron chi connectivity index (χ2n) is 4.57. The number of aromatic nitrogens is 1. The summed E-state index contributed by atoms with van der Waals surface area (Å²) in [5.74, 6) is -0.0813. The molecule has 1 aromatic heterocycles. The summed E-state index contributed by atoms with van der Waals surface area (Å²) in [6, 6.07) is 3.23. The van der Waals surface area contributed by atoms with Gasteiger partial charge in [0, 0.05) is 31.7 Å². The molecular weight excluding hydrogens is 280 g/mol. The van der Waals surface area contributed by atoms with E-state index in [9.17, 15) is 9.59 Å². The van der Waals surface area contributed by atoms with Crippen molar-refractivity contribution in [3.05, 3.63) is 29.0 Å². The van der Waals surface area contributed by atoms with Gasteiger partial charge in [-0.25, -0.2) is 9.78 Å². The maximum Gasteiger partial charge on any atom is 0.315 e. The topological polar surface area (TPSA) is 83.1 Å². The molecule has 110 valence electrons. The summed E-state index contributed by atoms with van der Waals surface area (Å²) in [6.45, 7) is 4.42. The predicted octanol–water partition coefficient (Wildman–Crippen LogP) is 1.45. The van der Waals surface area contributed by atoms with Gasteiger partial charge in [0.1, 0.15) is 5.15 Å². The molecule has 0 bridgehead atoms. The number of amides is 3. The van der Waals surface area contributed by atoms with Gasteiger partial charge < -0.3 is 16.0 Å². The summed E-state index contributed by atoms with van der Waals surface area (Å²) >= 11 is 5.66. The molecule has 0 aromatic carbocycles. The van der Waals surface area contributed by atoms with Crippen LogP contribution in [0.2, 0.25) is 5.15 Å². The summed E-state index contributed by atoms with van der Waals surface area (Å²) in [7, 11) is 0. The van der Waals surface area contributed by atoms with Crippen molar-refractivity contribution in [2.45, 2.75) is 32.9 Å². The van der Waals surface area contributed by atoms with E-state index in [1.54, 1.807) is 18.3 Å². The number of hydrogen-bond donors (Lipinski definition) is 3. The fourth-order valence-electron chi connectivity index (χ4n) is 1.44. The molecular formula is C13H19ClN4O2. The highest BCUT2D eigenvalue weighted by Gasteiger charge is 2.05. The lowest BCUT2D eigenvalue weighted by atomic mass is 10.3. The average Bonchev–Trinajstić information content (AvgIpc) is 2.37. The molecule has 0 unspecified atom stereocenters. The van der Waals surface area contributed by atoms with Crippen LogP contribution in [-0.2, 0) is 11.3 Å². The zero-order chi connectivity index (χ0) is 15.0. The number of nitrogens with zero attached hydrogens (tertiary/aromatic N) is 1. The Morgan fingerprint density at radius 3 is 2.65 bits per heavy atom. The third kappa shape index (κ3) is 6.94. The SMILES string of the molecule is CC(C)NC(=O)CCNC(=O)NCc1ccc(Cl)nc1. The maximum absolute atomic E-state index is 11.5. The molecule has 1 aromatic rings. The van der Waals surface area contributed by atoms with Crippen LogP contribution >= 0.6 is 11.6 Å². The maximum atomic E-state index is 11.5. The van der Waals surface area contributed by atoms with E-state index < -0.39 is 0 Å². The van der Waals surface area contributed by atoms with Gasteiger partial charge in [-0.2, -0.15) is 0 Å². The first-order valence-corrected chi connectivity index (χ1v) is 6.76. The zero-order valence-electron chi connectivity index (χ0n) is 11.6. The molecule has 20 heavy (non-hydrogen) atoms. The summed E-state index contributed by atoms with van der Waals surface area (Å²) in [5.41, 5.74) is 0.849. The standard InChI is InChI=1S/C13H19ClN4O2/c1-9(2)18-12(19)5-6-15-13(20)17-8-10-3-4-11(14)16-7-10/h3-4,7,9H,5-6,8H2,1-2H3,(H,18,19)(H2,15,17,20). The smallest absolute Gasteiger partial charge is 0.315 e. The quantitative estimate of drug-likeness (QED) is 0.695. The summed E-state index contributed by atoms with van der Waals surface area (Å²) < 4.78 is 0. The van der Waals surface area contributed by atoms with Crippen LogP contribution in [0.15, 0.2) is 18.3 Å². The van der Waals surface area contributed by atoms with Crippen molar-refractivity contribution >= 4 is 23.5 Å². The number of carbonyl (C=O) groups excluding carboxylic acids is 2. The number of urea groups is 1. The number of pyridine rings is 1. The second kappa shape index (κ2) is 8.37. The van der Waals surface area contributed by atoms with Crippen molar-refractivity contribution < 1.29 is 9.59 Å². The minimum Gasteiger partial charge on any atom is -0.354 e. The lowest BCUT2D eigenvalue weighted by Crippen LogP contribution is -2.38. The van der Waals surface area contributed by atoms with E-state index in [1.165, 1.54) is 0 Å². The fourth-order valence-corrected chi connectivity index (χ4v) is 1.55. The van der Waals surface area contributed by atoms with Crippen LogP contribution in [0.5, 0.6) is 0 Å². The van der Waals surface area contributed by atoms with Gasteiger partial charge in [-0.1, -0.05) is 17.7 Å². The highest BCUT2D eigenvalue weighted by Crippen LogP contribution is 2.04. The van der Waals surface area contributed by atoms with E-state index in [0.717, 1.165) is 5.56 Å². The molecule has 7 heteroatoms. The Morgan fingerprint density at radius 1 is 1.30 bits per heavy atom. The number of carbonyl (C=O) groups is 2. The fraction of sp³-hybridized carbons (Fsp3) is 0.462. The minimum atomic E-state index is -0.322. The highest BCUT2D eigenvalue weighted by atomic mass is 35.5. The molecule has 0 fully saturated rings. The van der Waals surface area contributed by atoms with Gasteiger partial charge >= 0.3 is 6.03 Å². The largest absolute Gasteiger partial charge is 0.354 e. The Kier molecular flexibility index (Phi) is 6.79. The molecule has 0 atom stereocenters. The van der Waals surface area contributed by atoms with Crippen LogP contribution in [0.3, 0.4) is 0 Å². The Labute approximate surface area is 123 Å². The Balaban J connectivity index is 2.17. The van der Waals surface area contributed by atoms with E-state index in [1.807, 2.05) is 13.8 Å². The predicted molar refractivity (Wildman–Crippen MR) is 77.4 cm³/mol. The summed E-state index contributed by atoms with van der Waals surface area (Å²) in [4.78, 5) is 26.7. The lowest BCUT2D eigenvalue weighted by molar-refractivity contribution is -0.121. The van der Waals surface area contributed by atoms with Crippen molar-refractivity contribution in [3.63, 3.8) is 0 Å². The molecule has 1 rings (SSSR count). The molecule has 1 heterocycles. The van der Waals surface area contributed by atoms with E-state index >= 15 is 0 Å². The molecule has 0 saturated heterocycles. The van der Waals surface area contributed by atoms with Crippen LogP contribution in [0.1, 0.15) is 25.8 Å². The van der Waals surface area contributed by atoms with Crippen molar-refractivity contribution in [2.24, 2.45) is 0 Å². The highest BCUT2D eigenvalue weighted by molar-refractivity contribution is 6.29. The minimum absolute atomic E-state index is 0.0813. The first-order chi connectivity index (χ1) is 9.47. The first-order valence-electron chi connectivity index (χ1n) is 6.39. The molecule has 3 N–H and O–H groups in total. The lowest BCUT2D eigenvalue weighted by Gasteiger charge is -2.09. The van der Waals surface area contributed by atoms with E-state index in [4.69, 9.17) is 11.6 Å².